The van der Waals surface area contributed by atoms with Crippen molar-refractivity contribution in [3.8, 4) is 0 Å². The SMILES string of the molecule is CC(C)[C@]1(C)CC(=O)N(Cc2cc(F)cc(C(=O)N3Cc4ccccc4C3)c2)C(=N)N1. The van der Waals surface area contributed by atoms with Crippen LogP contribution in [0, 0.1) is 17.1 Å². The van der Waals surface area contributed by atoms with Gasteiger partial charge in [-0.25, -0.2) is 4.39 Å². The monoisotopic (exact) mass is 422 g/mol. The predicted octanol–water partition coefficient (Wildman–Crippen LogP) is 3.65. The first-order chi connectivity index (χ1) is 14.7. The van der Waals surface area contributed by atoms with E-state index in [1.54, 1.807) is 11.0 Å². The largest absolute Gasteiger partial charge is 0.350 e. The van der Waals surface area contributed by atoms with Gasteiger partial charge in [0.25, 0.3) is 5.91 Å². The van der Waals surface area contributed by atoms with Gasteiger partial charge in [0.1, 0.15) is 5.82 Å². The van der Waals surface area contributed by atoms with Gasteiger partial charge in [-0.05, 0) is 47.7 Å². The number of amides is 2. The Hall–Kier alpha value is -3.22. The van der Waals surface area contributed by atoms with Crippen molar-refractivity contribution in [2.24, 2.45) is 5.92 Å². The van der Waals surface area contributed by atoms with Crippen molar-refractivity contribution in [3.63, 3.8) is 0 Å². The van der Waals surface area contributed by atoms with Gasteiger partial charge in [-0.15, -0.1) is 0 Å². The van der Waals surface area contributed by atoms with E-state index in [9.17, 15) is 14.0 Å². The fraction of sp³-hybridized carbons (Fsp3) is 0.375. The van der Waals surface area contributed by atoms with Crippen molar-refractivity contribution in [1.82, 2.24) is 15.1 Å². The molecule has 0 saturated carbocycles. The molecular formula is C24H27FN4O2. The summed E-state index contributed by atoms with van der Waals surface area (Å²) < 4.78 is 14.4. The molecular weight excluding hydrogens is 395 g/mol. The summed E-state index contributed by atoms with van der Waals surface area (Å²) in [6, 6.07) is 12.0. The van der Waals surface area contributed by atoms with Crippen molar-refractivity contribution in [3.05, 3.63) is 70.5 Å². The van der Waals surface area contributed by atoms with E-state index in [0.29, 0.717) is 18.7 Å². The number of hydrogen-bond acceptors (Lipinski definition) is 3. The van der Waals surface area contributed by atoms with Gasteiger partial charge in [0, 0.05) is 24.2 Å². The first kappa shape index (κ1) is 21.0. The van der Waals surface area contributed by atoms with Crippen molar-refractivity contribution >= 4 is 17.8 Å². The van der Waals surface area contributed by atoms with Gasteiger partial charge in [0.2, 0.25) is 5.91 Å². The average molecular weight is 423 g/mol. The molecule has 6 nitrogen and oxygen atoms in total. The third-order valence-electron chi connectivity index (χ3n) is 6.44. The lowest BCUT2D eigenvalue weighted by atomic mass is 9.83. The summed E-state index contributed by atoms with van der Waals surface area (Å²) >= 11 is 0. The topological polar surface area (TPSA) is 76.5 Å². The molecule has 0 radical (unpaired) electrons. The zero-order chi connectivity index (χ0) is 22.3. The highest BCUT2D eigenvalue weighted by Gasteiger charge is 2.40. The number of rotatable bonds is 4. The third-order valence-corrected chi connectivity index (χ3v) is 6.44. The Kier molecular flexibility index (Phi) is 5.29. The molecule has 2 aliphatic heterocycles. The summed E-state index contributed by atoms with van der Waals surface area (Å²) in [7, 11) is 0. The molecule has 2 aliphatic rings. The maximum atomic E-state index is 14.4. The minimum atomic E-state index is -0.534. The summed E-state index contributed by atoms with van der Waals surface area (Å²) in [6.45, 7) is 6.96. The predicted molar refractivity (Wildman–Crippen MR) is 116 cm³/mol. The van der Waals surface area contributed by atoms with Crippen LogP contribution in [0.1, 0.15) is 54.2 Å². The van der Waals surface area contributed by atoms with Crippen LogP contribution in [-0.4, -0.2) is 33.1 Å². The normalized spacial score (nSPS) is 20.8. The molecule has 0 aromatic heterocycles. The van der Waals surface area contributed by atoms with Crippen LogP contribution < -0.4 is 5.32 Å². The molecule has 2 aromatic carbocycles. The molecule has 0 spiro atoms. The van der Waals surface area contributed by atoms with Gasteiger partial charge >= 0.3 is 0 Å². The second-order valence-corrected chi connectivity index (χ2v) is 8.98. The third kappa shape index (κ3) is 4.04. The maximum Gasteiger partial charge on any atom is 0.254 e. The number of carbonyl (C=O) groups is 2. The summed E-state index contributed by atoms with van der Waals surface area (Å²) in [4.78, 5) is 28.8. The Morgan fingerprint density at radius 2 is 1.84 bits per heavy atom. The second-order valence-electron chi connectivity index (χ2n) is 8.98. The van der Waals surface area contributed by atoms with E-state index in [2.05, 4.69) is 5.32 Å². The van der Waals surface area contributed by atoms with Crippen LogP contribution in [0.4, 0.5) is 4.39 Å². The number of hydrogen-bond donors (Lipinski definition) is 2. The number of nitrogens with one attached hydrogen (secondary N) is 2. The fourth-order valence-corrected chi connectivity index (χ4v) is 4.14. The van der Waals surface area contributed by atoms with Gasteiger partial charge in [-0.2, -0.15) is 0 Å². The molecule has 1 atom stereocenters. The van der Waals surface area contributed by atoms with Crippen LogP contribution in [0.15, 0.2) is 42.5 Å². The lowest BCUT2D eigenvalue weighted by Crippen LogP contribution is -2.62. The molecule has 4 rings (SSSR count). The summed E-state index contributed by atoms with van der Waals surface area (Å²) in [6.07, 6.45) is 0.250. The zero-order valence-electron chi connectivity index (χ0n) is 18.0. The van der Waals surface area contributed by atoms with E-state index in [4.69, 9.17) is 5.41 Å². The van der Waals surface area contributed by atoms with Gasteiger partial charge in [-0.1, -0.05) is 38.1 Å². The van der Waals surface area contributed by atoms with Crippen molar-refractivity contribution in [2.45, 2.75) is 52.4 Å². The molecule has 162 valence electrons. The summed E-state index contributed by atoms with van der Waals surface area (Å²) in [5, 5.41) is 11.4. The number of fused-ring (bicyclic) bond motifs is 1. The van der Waals surface area contributed by atoms with E-state index in [1.165, 1.54) is 17.0 Å². The molecule has 2 amide bonds. The van der Waals surface area contributed by atoms with E-state index in [0.717, 1.165) is 11.1 Å². The Morgan fingerprint density at radius 3 is 2.42 bits per heavy atom. The smallest absolute Gasteiger partial charge is 0.254 e. The van der Waals surface area contributed by atoms with Gasteiger partial charge in [-0.3, -0.25) is 19.9 Å². The standard InChI is InChI=1S/C24H27FN4O2/c1-15(2)24(3)11-21(30)29(23(26)27-24)12-16-8-19(10-20(25)9-16)22(31)28-13-17-6-4-5-7-18(17)14-28/h4-10,15H,11-14H2,1-3H3,(H2,26,27)/t24-/m0/s1. The van der Waals surface area contributed by atoms with Crippen LogP contribution in [0.25, 0.3) is 0 Å². The van der Waals surface area contributed by atoms with Crippen LogP contribution in [-0.2, 0) is 24.4 Å². The Bertz CT molecular complexity index is 1020. The van der Waals surface area contributed by atoms with Crippen LogP contribution in [0.3, 0.4) is 0 Å². The Balaban J connectivity index is 1.52. The number of nitrogens with zero attached hydrogens (tertiary/aromatic N) is 2. The molecule has 0 aliphatic carbocycles. The van der Waals surface area contributed by atoms with Gasteiger partial charge in [0.05, 0.1) is 13.0 Å². The molecule has 2 aromatic rings. The minimum Gasteiger partial charge on any atom is -0.350 e. The van der Waals surface area contributed by atoms with Crippen LogP contribution in [0.5, 0.6) is 0 Å². The highest BCUT2D eigenvalue weighted by atomic mass is 19.1. The Morgan fingerprint density at radius 1 is 1.19 bits per heavy atom. The molecule has 1 saturated heterocycles. The molecule has 1 fully saturated rings. The van der Waals surface area contributed by atoms with Crippen molar-refractivity contribution < 1.29 is 14.0 Å². The fourth-order valence-electron chi connectivity index (χ4n) is 4.14. The molecule has 0 unspecified atom stereocenters. The van der Waals surface area contributed by atoms with Crippen molar-refractivity contribution in [1.29, 1.82) is 5.41 Å². The summed E-state index contributed by atoms with van der Waals surface area (Å²) in [5.74, 6) is -0.801. The number of benzene rings is 2. The van der Waals surface area contributed by atoms with Gasteiger partial charge < -0.3 is 10.2 Å². The first-order valence-corrected chi connectivity index (χ1v) is 10.5. The van der Waals surface area contributed by atoms with E-state index in [1.807, 2.05) is 45.0 Å². The maximum absolute atomic E-state index is 14.4. The highest BCUT2D eigenvalue weighted by Crippen LogP contribution is 2.28. The summed E-state index contributed by atoms with van der Waals surface area (Å²) in [5.41, 5.74) is 2.43. The molecule has 7 heteroatoms. The lowest BCUT2D eigenvalue weighted by molar-refractivity contribution is -0.131. The van der Waals surface area contributed by atoms with E-state index >= 15 is 0 Å². The quantitative estimate of drug-likeness (QED) is 0.790. The molecule has 0 bridgehead atoms. The Labute approximate surface area is 181 Å². The van der Waals surface area contributed by atoms with Crippen molar-refractivity contribution in [2.75, 3.05) is 0 Å². The lowest BCUT2D eigenvalue weighted by Gasteiger charge is -2.43. The van der Waals surface area contributed by atoms with Crippen LogP contribution in [0.2, 0.25) is 0 Å². The zero-order valence-corrected chi connectivity index (χ0v) is 18.0. The van der Waals surface area contributed by atoms with E-state index < -0.39 is 11.4 Å². The molecule has 31 heavy (non-hydrogen) atoms. The number of carbonyl (C=O) groups excluding carboxylic acids is 2. The van der Waals surface area contributed by atoms with Gasteiger partial charge in [0.15, 0.2) is 5.96 Å². The van der Waals surface area contributed by atoms with E-state index in [-0.39, 0.29) is 42.2 Å². The highest BCUT2D eigenvalue weighted by molar-refractivity contribution is 5.99. The molecule has 2 N–H and O–H groups in total. The molecule has 2 heterocycles. The first-order valence-electron chi connectivity index (χ1n) is 10.5. The number of guanidine groups is 1. The average Bonchev–Trinajstić information content (AvgIpc) is 3.14. The minimum absolute atomic E-state index is 0.000389. The second kappa shape index (κ2) is 7.80. The van der Waals surface area contributed by atoms with Crippen LogP contribution >= 0.6 is 0 Å². The number of halogens is 1.